The summed E-state index contributed by atoms with van der Waals surface area (Å²) in [5.41, 5.74) is 3.69. The number of nitrogens with one attached hydrogen (secondary N) is 1. The zero-order valence-corrected chi connectivity index (χ0v) is 12.3. The van der Waals surface area contributed by atoms with Gasteiger partial charge >= 0.3 is 0 Å². The molecule has 0 aliphatic rings. The summed E-state index contributed by atoms with van der Waals surface area (Å²) in [6.07, 6.45) is 5.36. The number of aromatic nitrogens is 4. The second-order valence-electron chi connectivity index (χ2n) is 5.40. The number of hydrogen-bond donors (Lipinski definition) is 1. The van der Waals surface area contributed by atoms with Crippen LogP contribution < -0.4 is 5.56 Å². The van der Waals surface area contributed by atoms with Crippen LogP contribution in [-0.2, 0) is 6.54 Å². The molecule has 0 spiro atoms. The third-order valence-corrected chi connectivity index (χ3v) is 3.80. The number of rotatable bonds is 3. The summed E-state index contributed by atoms with van der Waals surface area (Å²) in [4.78, 5) is 16.6. The van der Waals surface area contributed by atoms with Gasteiger partial charge in [0.1, 0.15) is 0 Å². The van der Waals surface area contributed by atoms with Crippen LogP contribution in [0.25, 0.3) is 22.2 Å². The Morgan fingerprint density at radius 2 is 1.91 bits per heavy atom. The molecular formula is C18H14N4O. The SMILES string of the molecule is O=c1ccc(-c2cc3[nH]ncc3cn2)cn1Cc1ccccc1. The van der Waals surface area contributed by atoms with Gasteiger partial charge in [-0.1, -0.05) is 30.3 Å². The minimum Gasteiger partial charge on any atom is -0.310 e. The maximum Gasteiger partial charge on any atom is 0.250 e. The summed E-state index contributed by atoms with van der Waals surface area (Å²) in [5, 5.41) is 7.90. The molecule has 0 bridgehead atoms. The Kier molecular flexibility index (Phi) is 3.24. The summed E-state index contributed by atoms with van der Waals surface area (Å²) in [6.45, 7) is 0.541. The van der Waals surface area contributed by atoms with E-state index in [0.717, 1.165) is 27.7 Å². The third kappa shape index (κ3) is 2.64. The Balaban J connectivity index is 1.75. The molecule has 4 rings (SSSR count). The lowest BCUT2D eigenvalue weighted by molar-refractivity contribution is 0.760. The maximum absolute atomic E-state index is 12.1. The van der Waals surface area contributed by atoms with Crippen LogP contribution in [0.5, 0.6) is 0 Å². The van der Waals surface area contributed by atoms with Crippen molar-refractivity contribution >= 4 is 10.9 Å². The van der Waals surface area contributed by atoms with E-state index in [4.69, 9.17) is 0 Å². The molecular weight excluding hydrogens is 288 g/mol. The number of nitrogens with zero attached hydrogens (tertiary/aromatic N) is 3. The van der Waals surface area contributed by atoms with Gasteiger partial charge in [-0.05, 0) is 17.7 Å². The van der Waals surface area contributed by atoms with E-state index in [9.17, 15) is 4.79 Å². The van der Waals surface area contributed by atoms with Crippen LogP contribution >= 0.6 is 0 Å². The lowest BCUT2D eigenvalue weighted by Crippen LogP contribution is -2.19. The number of H-pyrrole nitrogens is 1. The van der Waals surface area contributed by atoms with Crippen molar-refractivity contribution in [3.63, 3.8) is 0 Å². The van der Waals surface area contributed by atoms with E-state index in [1.807, 2.05) is 42.6 Å². The molecule has 1 N–H and O–H groups in total. The molecule has 5 heteroatoms. The fraction of sp³-hybridized carbons (Fsp3) is 0.0556. The summed E-state index contributed by atoms with van der Waals surface area (Å²) >= 11 is 0. The average Bonchev–Trinajstić information content (AvgIpc) is 3.05. The van der Waals surface area contributed by atoms with Crippen molar-refractivity contribution in [2.75, 3.05) is 0 Å². The van der Waals surface area contributed by atoms with E-state index in [1.165, 1.54) is 0 Å². The Morgan fingerprint density at radius 1 is 1.04 bits per heavy atom. The van der Waals surface area contributed by atoms with Gasteiger partial charge in [0.25, 0.3) is 5.56 Å². The Labute approximate surface area is 132 Å². The molecule has 3 heterocycles. The molecule has 0 amide bonds. The number of aromatic amines is 1. The van der Waals surface area contributed by atoms with Crippen molar-refractivity contribution in [3.05, 3.63) is 83.0 Å². The van der Waals surface area contributed by atoms with Gasteiger partial charge in [0.15, 0.2) is 0 Å². The van der Waals surface area contributed by atoms with Gasteiger partial charge in [0.05, 0.1) is 24.0 Å². The van der Waals surface area contributed by atoms with Gasteiger partial charge < -0.3 is 4.57 Å². The molecule has 0 fully saturated rings. The molecule has 1 aromatic carbocycles. The normalized spacial score (nSPS) is 11.0. The van der Waals surface area contributed by atoms with Crippen LogP contribution in [-0.4, -0.2) is 19.7 Å². The van der Waals surface area contributed by atoms with Crippen molar-refractivity contribution in [1.29, 1.82) is 0 Å². The molecule has 0 aliphatic heterocycles. The monoisotopic (exact) mass is 302 g/mol. The summed E-state index contributed by atoms with van der Waals surface area (Å²) in [6, 6.07) is 15.2. The molecule has 5 nitrogen and oxygen atoms in total. The molecule has 0 saturated heterocycles. The largest absolute Gasteiger partial charge is 0.310 e. The summed E-state index contributed by atoms with van der Waals surface area (Å²) in [5.74, 6) is 0. The zero-order chi connectivity index (χ0) is 15.6. The van der Waals surface area contributed by atoms with E-state index in [0.29, 0.717) is 6.54 Å². The zero-order valence-electron chi connectivity index (χ0n) is 12.3. The topological polar surface area (TPSA) is 63.6 Å². The first-order chi connectivity index (χ1) is 11.3. The van der Waals surface area contributed by atoms with Gasteiger partial charge in [-0.2, -0.15) is 5.10 Å². The van der Waals surface area contributed by atoms with Gasteiger partial charge in [0, 0.05) is 29.4 Å². The van der Waals surface area contributed by atoms with E-state index >= 15 is 0 Å². The Hall–Kier alpha value is -3.21. The van der Waals surface area contributed by atoms with Crippen molar-refractivity contribution in [2.45, 2.75) is 6.54 Å². The van der Waals surface area contributed by atoms with Crippen molar-refractivity contribution in [1.82, 2.24) is 19.7 Å². The molecule has 4 aromatic rings. The maximum atomic E-state index is 12.1. The smallest absolute Gasteiger partial charge is 0.250 e. The Bertz CT molecular complexity index is 1020. The van der Waals surface area contributed by atoms with Gasteiger partial charge in [-0.25, -0.2) is 0 Å². The molecule has 3 aromatic heterocycles. The lowest BCUT2D eigenvalue weighted by atomic mass is 10.1. The quantitative estimate of drug-likeness (QED) is 0.633. The van der Waals surface area contributed by atoms with Gasteiger partial charge in [-0.3, -0.25) is 14.9 Å². The highest BCUT2D eigenvalue weighted by Crippen LogP contribution is 2.19. The third-order valence-electron chi connectivity index (χ3n) is 3.80. The van der Waals surface area contributed by atoms with Crippen LogP contribution in [0.1, 0.15) is 5.56 Å². The molecule has 0 unspecified atom stereocenters. The standard InChI is InChI=1S/C18H14N4O/c23-18-7-6-14(12-22(18)11-13-4-2-1-3-5-13)16-8-17-15(9-19-16)10-20-21-17/h1-10,12H,11H2,(H,20,21). The molecule has 0 radical (unpaired) electrons. The van der Waals surface area contributed by atoms with E-state index in [1.54, 1.807) is 29.1 Å². The molecule has 0 atom stereocenters. The predicted octanol–water partition coefficient (Wildman–Crippen LogP) is 2.83. The summed E-state index contributed by atoms with van der Waals surface area (Å²) < 4.78 is 1.70. The van der Waals surface area contributed by atoms with Crippen LogP contribution in [0, 0.1) is 0 Å². The molecule has 0 aliphatic carbocycles. The van der Waals surface area contributed by atoms with E-state index in [-0.39, 0.29) is 5.56 Å². The first-order valence-electron chi connectivity index (χ1n) is 7.33. The fourth-order valence-electron chi connectivity index (χ4n) is 2.58. The predicted molar refractivity (Wildman–Crippen MR) is 89.1 cm³/mol. The number of fused-ring (bicyclic) bond motifs is 1. The second kappa shape index (κ2) is 5.53. The number of pyridine rings is 2. The fourth-order valence-corrected chi connectivity index (χ4v) is 2.58. The second-order valence-corrected chi connectivity index (χ2v) is 5.40. The summed E-state index contributed by atoms with van der Waals surface area (Å²) in [7, 11) is 0. The van der Waals surface area contributed by atoms with Gasteiger partial charge in [-0.15, -0.1) is 0 Å². The first-order valence-corrected chi connectivity index (χ1v) is 7.33. The number of hydrogen-bond acceptors (Lipinski definition) is 3. The highest BCUT2D eigenvalue weighted by atomic mass is 16.1. The first kappa shape index (κ1) is 13.5. The van der Waals surface area contributed by atoms with Crippen LogP contribution in [0.4, 0.5) is 0 Å². The van der Waals surface area contributed by atoms with E-state index < -0.39 is 0 Å². The Morgan fingerprint density at radius 3 is 2.78 bits per heavy atom. The van der Waals surface area contributed by atoms with Crippen molar-refractivity contribution < 1.29 is 0 Å². The van der Waals surface area contributed by atoms with Crippen LogP contribution in [0.3, 0.4) is 0 Å². The van der Waals surface area contributed by atoms with Gasteiger partial charge in [0.2, 0.25) is 0 Å². The highest BCUT2D eigenvalue weighted by molar-refractivity contribution is 5.80. The molecule has 112 valence electrons. The van der Waals surface area contributed by atoms with E-state index in [2.05, 4.69) is 15.2 Å². The average molecular weight is 302 g/mol. The van der Waals surface area contributed by atoms with Crippen molar-refractivity contribution in [3.8, 4) is 11.3 Å². The molecule has 0 saturated carbocycles. The minimum atomic E-state index is -0.0276. The van der Waals surface area contributed by atoms with Crippen molar-refractivity contribution in [2.24, 2.45) is 0 Å². The molecule has 23 heavy (non-hydrogen) atoms. The minimum absolute atomic E-state index is 0.0276. The number of benzene rings is 1. The van der Waals surface area contributed by atoms with Crippen LogP contribution in [0.15, 0.2) is 71.9 Å². The van der Waals surface area contributed by atoms with Crippen LogP contribution in [0.2, 0.25) is 0 Å². The highest BCUT2D eigenvalue weighted by Gasteiger charge is 2.05. The lowest BCUT2D eigenvalue weighted by Gasteiger charge is -2.08.